The van der Waals surface area contributed by atoms with Crippen molar-refractivity contribution in [3.05, 3.63) is 11.6 Å². The molecule has 4 rings (SSSR count). The largest absolute Gasteiger partial charge is 0.462 e. The smallest absolute Gasteiger partial charge is 0.303 e. The van der Waals surface area contributed by atoms with E-state index in [1.807, 2.05) is 0 Å². The first-order valence-corrected chi connectivity index (χ1v) is 11.7. The summed E-state index contributed by atoms with van der Waals surface area (Å²) in [5.41, 5.74) is 1.71. The molecule has 1 unspecified atom stereocenters. The van der Waals surface area contributed by atoms with Gasteiger partial charge in [0.2, 0.25) is 0 Å². The summed E-state index contributed by atoms with van der Waals surface area (Å²) in [6, 6.07) is 0. The third-order valence-corrected chi connectivity index (χ3v) is 9.20. The molecular weight excluding hydrogens is 380 g/mol. The number of carbonyl (C=O) groups excluding carboxylic acids is 3. The summed E-state index contributed by atoms with van der Waals surface area (Å²) in [7, 11) is 0. The van der Waals surface area contributed by atoms with Crippen molar-refractivity contribution in [1.29, 1.82) is 0 Å². The van der Waals surface area contributed by atoms with Gasteiger partial charge in [0.05, 0.1) is 0 Å². The number of hydrogen-bond donors (Lipinski definition) is 0. The van der Waals surface area contributed by atoms with Gasteiger partial charge in [-0.2, -0.15) is 0 Å². The zero-order valence-corrected chi connectivity index (χ0v) is 18.9. The van der Waals surface area contributed by atoms with Crippen molar-refractivity contribution in [2.24, 2.45) is 34.5 Å². The van der Waals surface area contributed by atoms with Crippen LogP contribution in [0.25, 0.3) is 0 Å². The molecule has 5 heteroatoms. The van der Waals surface area contributed by atoms with E-state index in [2.05, 4.69) is 19.9 Å². The van der Waals surface area contributed by atoms with E-state index < -0.39 is 0 Å². The maximum absolute atomic E-state index is 12.9. The SMILES string of the molecule is CC(=O)OCC(=O)[C@H]1CC[C@H]2[C@@H]3CC=C4CC(OC(C)=O)CC[C@]4(C)[C@H]3CC[C@]12C. The molecule has 0 aromatic carbocycles. The van der Waals surface area contributed by atoms with Gasteiger partial charge in [0.1, 0.15) is 12.7 Å². The van der Waals surface area contributed by atoms with Gasteiger partial charge in [-0.25, -0.2) is 0 Å². The van der Waals surface area contributed by atoms with Crippen molar-refractivity contribution >= 4 is 17.7 Å². The van der Waals surface area contributed by atoms with E-state index in [-0.39, 0.29) is 47.2 Å². The highest BCUT2D eigenvalue weighted by atomic mass is 16.5. The molecule has 0 bridgehead atoms. The van der Waals surface area contributed by atoms with Crippen LogP contribution in [0.15, 0.2) is 11.6 Å². The van der Waals surface area contributed by atoms with Crippen LogP contribution in [0.2, 0.25) is 0 Å². The average molecular weight is 417 g/mol. The first-order chi connectivity index (χ1) is 14.1. The highest BCUT2D eigenvalue weighted by molar-refractivity contribution is 5.85. The van der Waals surface area contributed by atoms with E-state index in [9.17, 15) is 14.4 Å². The number of ketones is 1. The molecule has 0 aromatic heterocycles. The molecule has 4 aliphatic carbocycles. The van der Waals surface area contributed by atoms with Gasteiger partial charge in [-0.05, 0) is 73.5 Å². The zero-order chi connectivity index (χ0) is 21.7. The Balaban J connectivity index is 1.51. The van der Waals surface area contributed by atoms with Gasteiger partial charge in [-0.3, -0.25) is 14.4 Å². The lowest BCUT2D eigenvalue weighted by Crippen LogP contribution is -2.51. The second-order valence-corrected chi connectivity index (χ2v) is 10.7. The summed E-state index contributed by atoms with van der Waals surface area (Å²) in [6.45, 7) is 7.54. The summed E-state index contributed by atoms with van der Waals surface area (Å²) >= 11 is 0. The number of esters is 2. The van der Waals surface area contributed by atoms with Crippen LogP contribution in [0.4, 0.5) is 0 Å². The summed E-state index contributed by atoms with van der Waals surface area (Å²) in [4.78, 5) is 35.4. The fraction of sp³-hybridized carbons (Fsp3) is 0.800. The Bertz CT molecular complexity index is 770. The van der Waals surface area contributed by atoms with Crippen LogP contribution in [0.1, 0.15) is 79.1 Å². The van der Waals surface area contributed by atoms with Crippen molar-refractivity contribution in [2.75, 3.05) is 6.61 Å². The molecule has 0 aliphatic heterocycles. The molecule has 0 aromatic rings. The molecule has 0 N–H and O–H groups in total. The molecule has 4 aliphatic rings. The molecule has 0 spiro atoms. The van der Waals surface area contributed by atoms with Gasteiger partial charge in [0, 0.05) is 26.2 Å². The molecule has 7 atom stereocenters. The Morgan fingerprint density at radius 2 is 1.77 bits per heavy atom. The predicted octanol–water partition coefficient (Wildman–Crippen LogP) is 4.63. The molecule has 3 saturated carbocycles. The summed E-state index contributed by atoms with van der Waals surface area (Å²) < 4.78 is 10.6. The summed E-state index contributed by atoms with van der Waals surface area (Å²) in [5, 5.41) is 0. The Kier molecular flexibility index (Phi) is 5.61. The van der Waals surface area contributed by atoms with Gasteiger partial charge in [-0.15, -0.1) is 0 Å². The standard InChI is InChI=1S/C25H36O5/c1-15(26)29-14-23(28)22-8-7-20-19-6-5-17-13-18(30-16(2)27)9-11-24(17,3)21(19)10-12-25(20,22)4/h5,18-22H,6-14H2,1-4H3/t18?,19-,20-,21-,22+,24-,25-/m0/s1. The van der Waals surface area contributed by atoms with Crippen LogP contribution in [-0.2, 0) is 23.9 Å². The Morgan fingerprint density at radius 3 is 2.47 bits per heavy atom. The first kappa shape index (κ1) is 21.6. The Labute approximate surface area is 179 Å². The van der Waals surface area contributed by atoms with E-state index in [1.54, 1.807) is 0 Å². The number of fused-ring (bicyclic) bond motifs is 5. The molecule has 5 nitrogen and oxygen atoms in total. The Morgan fingerprint density at radius 1 is 1.00 bits per heavy atom. The van der Waals surface area contributed by atoms with Crippen LogP contribution >= 0.6 is 0 Å². The van der Waals surface area contributed by atoms with E-state index in [0.29, 0.717) is 17.8 Å². The third kappa shape index (κ3) is 3.52. The van der Waals surface area contributed by atoms with Gasteiger partial charge in [-0.1, -0.05) is 25.5 Å². The van der Waals surface area contributed by atoms with Crippen molar-refractivity contribution in [1.82, 2.24) is 0 Å². The van der Waals surface area contributed by atoms with Gasteiger partial charge in [0.25, 0.3) is 0 Å². The lowest BCUT2D eigenvalue weighted by molar-refractivity contribution is -0.150. The average Bonchev–Trinajstić information content (AvgIpc) is 3.03. The van der Waals surface area contributed by atoms with Gasteiger partial charge in [0.15, 0.2) is 5.78 Å². The predicted molar refractivity (Wildman–Crippen MR) is 112 cm³/mol. The van der Waals surface area contributed by atoms with Crippen molar-refractivity contribution < 1.29 is 23.9 Å². The van der Waals surface area contributed by atoms with Crippen LogP contribution in [0.5, 0.6) is 0 Å². The number of hydrogen-bond acceptors (Lipinski definition) is 5. The monoisotopic (exact) mass is 416 g/mol. The van der Waals surface area contributed by atoms with E-state index >= 15 is 0 Å². The molecule has 30 heavy (non-hydrogen) atoms. The highest BCUT2D eigenvalue weighted by Gasteiger charge is 2.59. The molecule has 0 radical (unpaired) electrons. The normalized spacial score (nSPS) is 42.3. The third-order valence-electron chi connectivity index (χ3n) is 9.20. The Hall–Kier alpha value is -1.65. The molecule has 0 amide bonds. The van der Waals surface area contributed by atoms with Crippen LogP contribution < -0.4 is 0 Å². The second-order valence-electron chi connectivity index (χ2n) is 10.7. The highest BCUT2D eigenvalue weighted by Crippen LogP contribution is 2.66. The van der Waals surface area contributed by atoms with Crippen molar-refractivity contribution in [2.45, 2.75) is 85.2 Å². The van der Waals surface area contributed by atoms with Crippen LogP contribution in [0, 0.1) is 34.5 Å². The van der Waals surface area contributed by atoms with E-state index in [4.69, 9.17) is 9.47 Å². The van der Waals surface area contributed by atoms with Crippen LogP contribution in [0.3, 0.4) is 0 Å². The lowest BCUT2D eigenvalue weighted by atomic mass is 9.47. The molecule has 3 fully saturated rings. The van der Waals surface area contributed by atoms with Gasteiger partial charge < -0.3 is 9.47 Å². The number of carbonyl (C=O) groups is 3. The van der Waals surface area contributed by atoms with Gasteiger partial charge >= 0.3 is 11.9 Å². The minimum Gasteiger partial charge on any atom is -0.462 e. The maximum Gasteiger partial charge on any atom is 0.303 e. The fourth-order valence-corrected chi connectivity index (χ4v) is 7.77. The topological polar surface area (TPSA) is 69.7 Å². The molecular formula is C25H36O5. The number of Topliss-reactive ketones (excluding diaryl/α,β-unsaturated/α-hetero) is 1. The lowest BCUT2D eigenvalue weighted by Gasteiger charge is -2.58. The van der Waals surface area contributed by atoms with E-state index in [1.165, 1.54) is 19.4 Å². The van der Waals surface area contributed by atoms with E-state index in [0.717, 1.165) is 51.4 Å². The van der Waals surface area contributed by atoms with Crippen LogP contribution in [-0.4, -0.2) is 30.4 Å². The fourth-order valence-electron chi connectivity index (χ4n) is 7.77. The molecule has 0 heterocycles. The minimum atomic E-state index is -0.381. The maximum atomic E-state index is 12.9. The van der Waals surface area contributed by atoms with Crippen molar-refractivity contribution in [3.8, 4) is 0 Å². The first-order valence-electron chi connectivity index (χ1n) is 11.7. The minimum absolute atomic E-state index is 0.0145. The zero-order valence-electron chi connectivity index (χ0n) is 18.9. The van der Waals surface area contributed by atoms with Crippen molar-refractivity contribution in [3.63, 3.8) is 0 Å². The quantitative estimate of drug-likeness (QED) is 0.494. The molecule has 166 valence electrons. The second kappa shape index (κ2) is 7.80. The number of ether oxygens (including phenoxy) is 2. The molecule has 0 saturated heterocycles. The summed E-state index contributed by atoms with van der Waals surface area (Å²) in [6.07, 6.45) is 10.7. The number of allylic oxidation sites excluding steroid dienone is 1. The number of rotatable bonds is 4. The summed E-state index contributed by atoms with van der Waals surface area (Å²) in [5.74, 6) is 1.39.